The monoisotopic (exact) mass is 804 g/mol. The summed E-state index contributed by atoms with van der Waals surface area (Å²) in [5.41, 5.74) is 33.8. The summed E-state index contributed by atoms with van der Waals surface area (Å²) in [6, 6.07) is 0. The highest BCUT2D eigenvalue weighted by Gasteiger charge is 2.18. The number of nitrogen functional groups attached to an aromatic ring is 4. The molecule has 3 heterocycles. The van der Waals surface area contributed by atoms with Gasteiger partial charge in [-0.2, -0.15) is 15.0 Å². The van der Waals surface area contributed by atoms with Crippen molar-refractivity contribution in [2.24, 2.45) is 21.5 Å². The highest BCUT2D eigenvalue weighted by atomic mass is 35.5. The fourth-order valence-corrected chi connectivity index (χ4v) is 4.89. The molecular formula is C31H50Cl2N20O2. The number of carbonyl (C=O) groups is 2. The molecule has 0 bridgehead atoms. The third kappa shape index (κ3) is 15.6. The molecule has 24 heteroatoms. The summed E-state index contributed by atoms with van der Waals surface area (Å²) in [5, 5.41) is 14.3. The highest BCUT2D eigenvalue weighted by Crippen LogP contribution is 2.18. The topological polar surface area (TPSA) is 365 Å². The Morgan fingerprint density at radius 3 is 1.29 bits per heavy atom. The van der Waals surface area contributed by atoms with Gasteiger partial charge < -0.3 is 50.4 Å². The summed E-state index contributed by atoms with van der Waals surface area (Å²) < 4.78 is 0. The van der Waals surface area contributed by atoms with Crippen LogP contribution in [0.4, 0.5) is 41.1 Å². The van der Waals surface area contributed by atoms with E-state index in [1.165, 1.54) is 25.7 Å². The summed E-state index contributed by atoms with van der Waals surface area (Å²) >= 11 is 11.7. The van der Waals surface area contributed by atoms with Crippen molar-refractivity contribution in [1.29, 1.82) is 0 Å². The number of unbranched alkanes of at least 4 members (excludes halogenated alkanes) is 7. The first-order chi connectivity index (χ1) is 26.4. The average molecular weight is 806 g/mol. The third-order valence-electron chi connectivity index (χ3n) is 7.47. The predicted octanol–water partition coefficient (Wildman–Crippen LogP) is 1.73. The van der Waals surface area contributed by atoms with Gasteiger partial charge in [0, 0.05) is 32.7 Å². The molecule has 22 nitrogen and oxygen atoms in total. The van der Waals surface area contributed by atoms with Gasteiger partial charge in [-0.05, 0) is 32.1 Å². The highest BCUT2D eigenvalue weighted by molar-refractivity contribution is 6.32. The van der Waals surface area contributed by atoms with Crippen LogP contribution in [0.1, 0.15) is 92.1 Å². The number of guanidine groups is 2. The van der Waals surface area contributed by atoms with E-state index in [2.05, 4.69) is 78.4 Å². The smallest absolute Gasteiger partial charge is 0.280 e. The third-order valence-corrected chi connectivity index (χ3v) is 8.03. The van der Waals surface area contributed by atoms with E-state index in [-0.39, 0.29) is 56.9 Å². The fraction of sp³-hybridized carbons (Fsp3) is 0.516. The number of amides is 2. The van der Waals surface area contributed by atoms with Crippen LogP contribution in [0.25, 0.3) is 0 Å². The number of nitrogens with zero attached hydrogens (tertiary/aromatic N) is 9. The number of nitrogens with two attached hydrogens (primary N) is 6. The van der Waals surface area contributed by atoms with Crippen molar-refractivity contribution in [3.8, 4) is 0 Å². The molecule has 0 fully saturated rings. The molecule has 0 saturated heterocycles. The number of aliphatic imine (C=N–C) groups is 2. The Balaban J connectivity index is 1.46. The van der Waals surface area contributed by atoms with Crippen LogP contribution >= 0.6 is 23.2 Å². The zero-order chi connectivity index (χ0) is 40.2. The standard InChI is InChI=1S/C31H50Cl2N20O2/c1-2-3-4-5-6-7-14-42-29-51-30(43-15-10-8-12-40-27(38)49-25(54)17-21(34)47-23(36)19(32)45-17)53-31(52-29)44-16-11-9-13-41-28(39)50-26(55)18-22(35)48-24(37)20(33)46-18/h2-16H2,1H3,(H4,34,36,47)(H4,35,37,48)(H3,38,40,49,54)(H3,39,41,50,55)(H3,42,43,44,51,52,53). The minimum Gasteiger partial charge on any atom is -0.382 e. The molecule has 17 N–H and O–H groups in total. The van der Waals surface area contributed by atoms with Gasteiger partial charge in [-0.15, -0.1) is 0 Å². The van der Waals surface area contributed by atoms with Crippen molar-refractivity contribution in [3.63, 3.8) is 0 Å². The van der Waals surface area contributed by atoms with Crippen LogP contribution in [0, 0.1) is 0 Å². The maximum absolute atomic E-state index is 12.4. The van der Waals surface area contributed by atoms with Crippen LogP contribution in [0.15, 0.2) is 9.98 Å². The Labute approximate surface area is 328 Å². The van der Waals surface area contributed by atoms with E-state index in [4.69, 9.17) is 57.6 Å². The Bertz CT molecular complexity index is 1680. The Morgan fingerprint density at radius 1 is 0.527 bits per heavy atom. The van der Waals surface area contributed by atoms with Crippen LogP contribution in [-0.4, -0.2) is 91.3 Å². The molecule has 3 aromatic heterocycles. The van der Waals surface area contributed by atoms with Gasteiger partial charge >= 0.3 is 0 Å². The van der Waals surface area contributed by atoms with E-state index < -0.39 is 11.8 Å². The van der Waals surface area contributed by atoms with Gasteiger partial charge in [-0.1, -0.05) is 62.2 Å². The van der Waals surface area contributed by atoms with Crippen LogP contribution in [0.3, 0.4) is 0 Å². The summed E-state index contributed by atoms with van der Waals surface area (Å²) in [5.74, 6) is -0.920. The van der Waals surface area contributed by atoms with Gasteiger partial charge in [0.05, 0.1) is 0 Å². The van der Waals surface area contributed by atoms with Crippen molar-refractivity contribution >= 4 is 88.1 Å². The largest absolute Gasteiger partial charge is 0.382 e. The molecule has 0 aliphatic rings. The zero-order valence-electron chi connectivity index (χ0n) is 30.7. The van der Waals surface area contributed by atoms with E-state index in [9.17, 15) is 9.59 Å². The second-order valence-corrected chi connectivity index (χ2v) is 12.7. The summed E-state index contributed by atoms with van der Waals surface area (Å²) in [6.45, 7) is 4.69. The molecule has 0 aromatic carbocycles. The van der Waals surface area contributed by atoms with Gasteiger partial charge in [0.2, 0.25) is 17.8 Å². The molecule has 3 rings (SSSR count). The predicted molar refractivity (Wildman–Crippen MR) is 217 cm³/mol. The lowest BCUT2D eigenvalue weighted by Gasteiger charge is -2.11. The lowest BCUT2D eigenvalue weighted by molar-refractivity contribution is 0.0964. The van der Waals surface area contributed by atoms with Crippen LogP contribution in [0.5, 0.6) is 0 Å². The number of hydrogen-bond donors (Lipinski definition) is 11. The Hall–Kier alpha value is -5.77. The number of aromatic nitrogens is 7. The number of halogens is 2. The van der Waals surface area contributed by atoms with Gasteiger partial charge in [0.25, 0.3) is 11.8 Å². The summed E-state index contributed by atoms with van der Waals surface area (Å²) in [6.07, 6.45) is 9.68. The lowest BCUT2D eigenvalue weighted by Crippen LogP contribution is -2.38. The van der Waals surface area contributed by atoms with Crippen molar-refractivity contribution in [2.75, 3.05) is 71.6 Å². The molecular weight excluding hydrogens is 755 g/mol. The molecule has 0 aliphatic heterocycles. The summed E-state index contributed by atoms with van der Waals surface area (Å²) in [7, 11) is 0. The fourth-order valence-electron chi connectivity index (χ4n) is 4.64. The van der Waals surface area contributed by atoms with Crippen LogP contribution < -0.4 is 61.0 Å². The number of rotatable bonds is 22. The van der Waals surface area contributed by atoms with E-state index in [1.54, 1.807) is 0 Å². The molecule has 0 atom stereocenters. The second-order valence-electron chi connectivity index (χ2n) is 12.0. The molecule has 300 valence electrons. The van der Waals surface area contributed by atoms with Gasteiger partial charge in [-0.3, -0.25) is 30.2 Å². The molecule has 0 unspecified atom stereocenters. The first kappa shape index (κ1) is 43.6. The molecule has 3 aromatic rings. The molecule has 55 heavy (non-hydrogen) atoms. The van der Waals surface area contributed by atoms with E-state index in [0.717, 1.165) is 19.4 Å². The quantitative estimate of drug-likeness (QED) is 0.0391. The maximum Gasteiger partial charge on any atom is 0.280 e. The molecule has 0 saturated carbocycles. The summed E-state index contributed by atoms with van der Waals surface area (Å²) in [4.78, 5) is 62.0. The van der Waals surface area contributed by atoms with E-state index >= 15 is 0 Å². The zero-order valence-corrected chi connectivity index (χ0v) is 32.2. The van der Waals surface area contributed by atoms with Crippen LogP contribution in [0.2, 0.25) is 10.3 Å². The van der Waals surface area contributed by atoms with E-state index in [0.29, 0.717) is 69.7 Å². The minimum atomic E-state index is -0.710. The average Bonchev–Trinajstić information content (AvgIpc) is 3.13. The first-order valence-corrected chi connectivity index (χ1v) is 18.5. The van der Waals surface area contributed by atoms with Crippen LogP contribution in [-0.2, 0) is 0 Å². The molecule has 0 aliphatic carbocycles. The Kier molecular flexibility index (Phi) is 18.3. The van der Waals surface area contributed by atoms with Crippen molar-refractivity contribution in [1.82, 2.24) is 45.5 Å². The van der Waals surface area contributed by atoms with Gasteiger partial charge in [0.15, 0.2) is 56.9 Å². The lowest BCUT2D eigenvalue weighted by atomic mass is 10.1. The Morgan fingerprint density at radius 2 is 0.891 bits per heavy atom. The van der Waals surface area contributed by atoms with Crippen molar-refractivity contribution in [2.45, 2.75) is 71.1 Å². The van der Waals surface area contributed by atoms with Crippen molar-refractivity contribution < 1.29 is 9.59 Å². The minimum absolute atomic E-state index is 0.0893. The van der Waals surface area contributed by atoms with Gasteiger partial charge in [0.1, 0.15) is 0 Å². The number of anilines is 7. The first-order valence-electron chi connectivity index (χ1n) is 17.7. The number of nitrogens with one attached hydrogen (secondary N) is 5. The molecule has 2 amide bonds. The number of hydrogen-bond acceptors (Lipinski definition) is 18. The molecule has 0 radical (unpaired) electrons. The SMILES string of the molecule is CCCCCCCCNc1nc(NCCCCN=C(N)NC(=O)c2nc(Cl)c(N)nc2N)nc(NCCCCN=C(N)NC(=O)c2nc(Cl)c(N)nc2N)n1. The maximum atomic E-state index is 12.4. The van der Waals surface area contributed by atoms with E-state index in [1.807, 2.05) is 0 Å². The van der Waals surface area contributed by atoms with Crippen molar-refractivity contribution in [3.05, 3.63) is 21.7 Å². The number of carbonyl (C=O) groups excluding carboxylic acids is 2. The van der Waals surface area contributed by atoms with Gasteiger partial charge in [-0.25, -0.2) is 19.9 Å². The molecule has 0 spiro atoms. The normalized spacial score (nSPS) is 11.6. The second kappa shape index (κ2) is 23.1.